The van der Waals surface area contributed by atoms with Crippen molar-refractivity contribution in [2.24, 2.45) is 0 Å². The molecule has 1 aliphatic carbocycles. The minimum Gasteiger partial charge on any atom is -0.444 e. The SMILES string of the molecule is CC1OCCC1c1cnc(CNC2CC2)o1. The van der Waals surface area contributed by atoms with Crippen LogP contribution in [0.5, 0.6) is 0 Å². The standard InChI is InChI=1S/C12H18N2O2/c1-8-10(4-5-15-8)11-6-14-12(16-11)7-13-9-2-3-9/h6,8-10,13H,2-5,7H2,1H3. The zero-order valence-electron chi connectivity index (χ0n) is 9.61. The maximum absolute atomic E-state index is 5.76. The first kappa shape index (κ1) is 10.3. The summed E-state index contributed by atoms with van der Waals surface area (Å²) in [4.78, 5) is 4.31. The molecule has 1 N–H and O–H groups in total. The van der Waals surface area contributed by atoms with Gasteiger partial charge in [-0.25, -0.2) is 4.98 Å². The first-order valence-electron chi connectivity index (χ1n) is 6.12. The Balaban J connectivity index is 1.62. The molecule has 88 valence electrons. The van der Waals surface area contributed by atoms with Crippen molar-refractivity contribution in [2.75, 3.05) is 6.61 Å². The van der Waals surface area contributed by atoms with Crippen molar-refractivity contribution in [2.45, 2.75) is 50.8 Å². The van der Waals surface area contributed by atoms with Crippen LogP contribution in [0.1, 0.15) is 43.8 Å². The average molecular weight is 222 g/mol. The van der Waals surface area contributed by atoms with Crippen LogP contribution in [0.4, 0.5) is 0 Å². The Morgan fingerprint density at radius 1 is 1.44 bits per heavy atom. The molecule has 4 nitrogen and oxygen atoms in total. The summed E-state index contributed by atoms with van der Waals surface area (Å²) in [7, 11) is 0. The summed E-state index contributed by atoms with van der Waals surface area (Å²) >= 11 is 0. The van der Waals surface area contributed by atoms with Crippen molar-refractivity contribution in [1.29, 1.82) is 0 Å². The molecule has 0 aromatic carbocycles. The molecule has 1 aliphatic heterocycles. The maximum Gasteiger partial charge on any atom is 0.208 e. The van der Waals surface area contributed by atoms with Gasteiger partial charge in [0.25, 0.3) is 0 Å². The monoisotopic (exact) mass is 222 g/mol. The largest absolute Gasteiger partial charge is 0.444 e. The van der Waals surface area contributed by atoms with E-state index in [1.54, 1.807) is 0 Å². The summed E-state index contributed by atoms with van der Waals surface area (Å²) in [5, 5.41) is 3.40. The molecule has 3 rings (SSSR count). The molecule has 2 aliphatic rings. The average Bonchev–Trinajstić information content (AvgIpc) is 2.82. The van der Waals surface area contributed by atoms with Crippen molar-refractivity contribution >= 4 is 0 Å². The molecule has 4 heteroatoms. The quantitative estimate of drug-likeness (QED) is 0.844. The number of nitrogens with zero attached hydrogens (tertiary/aromatic N) is 1. The Morgan fingerprint density at radius 2 is 2.31 bits per heavy atom. The van der Waals surface area contributed by atoms with E-state index in [-0.39, 0.29) is 6.10 Å². The number of aromatic nitrogens is 1. The number of hydrogen-bond donors (Lipinski definition) is 1. The van der Waals surface area contributed by atoms with E-state index in [1.165, 1.54) is 12.8 Å². The molecular formula is C12H18N2O2. The molecule has 1 saturated carbocycles. The van der Waals surface area contributed by atoms with Crippen LogP contribution in [0, 0.1) is 0 Å². The van der Waals surface area contributed by atoms with Gasteiger partial charge >= 0.3 is 0 Å². The minimum absolute atomic E-state index is 0.261. The number of nitrogens with one attached hydrogen (secondary N) is 1. The highest BCUT2D eigenvalue weighted by Crippen LogP contribution is 2.31. The minimum atomic E-state index is 0.261. The van der Waals surface area contributed by atoms with Gasteiger partial charge in [-0.05, 0) is 26.2 Å². The van der Waals surface area contributed by atoms with Crippen LogP contribution in [-0.2, 0) is 11.3 Å². The van der Waals surface area contributed by atoms with E-state index in [0.717, 1.165) is 31.2 Å². The van der Waals surface area contributed by atoms with Crippen LogP contribution in [0.25, 0.3) is 0 Å². The lowest BCUT2D eigenvalue weighted by Crippen LogP contribution is -2.15. The van der Waals surface area contributed by atoms with E-state index < -0.39 is 0 Å². The molecule has 1 aromatic heterocycles. The lowest BCUT2D eigenvalue weighted by molar-refractivity contribution is 0.115. The number of ether oxygens (including phenoxy) is 1. The second kappa shape index (κ2) is 4.18. The predicted molar refractivity (Wildman–Crippen MR) is 59.1 cm³/mol. The fourth-order valence-corrected chi connectivity index (χ4v) is 2.20. The van der Waals surface area contributed by atoms with E-state index in [9.17, 15) is 0 Å². The predicted octanol–water partition coefficient (Wildman–Crippen LogP) is 1.82. The van der Waals surface area contributed by atoms with Gasteiger partial charge < -0.3 is 14.5 Å². The first-order chi connectivity index (χ1) is 7.83. The van der Waals surface area contributed by atoms with Gasteiger partial charge in [0.1, 0.15) is 5.76 Å². The summed E-state index contributed by atoms with van der Waals surface area (Å²) < 4.78 is 11.3. The molecule has 0 amide bonds. The van der Waals surface area contributed by atoms with Gasteiger partial charge in [0, 0.05) is 18.6 Å². The third kappa shape index (κ3) is 2.13. The van der Waals surface area contributed by atoms with Gasteiger partial charge in [-0.2, -0.15) is 0 Å². The molecule has 2 heterocycles. The fraction of sp³-hybridized carbons (Fsp3) is 0.750. The van der Waals surface area contributed by atoms with Crippen LogP contribution < -0.4 is 5.32 Å². The third-order valence-electron chi connectivity index (χ3n) is 3.43. The molecule has 1 aromatic rings. The Hall–Kier alpha value is -0.870. The van der Waals surface area contributed by atoms with Crippen LogP contribution in [0.15, 0.2) is 10.6 Å². The highest BCUT2D eigenvalue weighted by Gasteiger charge is 2.29. The van der Waals surface area contributed by atoms with E-state index in [4.69, 9.17) is 9.15 Å². The molecule has 0 bridgehead atoms. The van der Waals surface area contributed by atoms with E-state index in [1.807, 2.05) is 6.20 Å². The molecular weight excluding hydrogens is 204 g/mol. The van der Waals surface area contributed by atoms with Gasteiger partial charge in [-0.1, -0.05) is 0 Å². The molecule has 16 heavy (non-hydrogen) atoms. The van der Waals surface area contributed by atoms with Crippen molar-refractivity contribution in [1.82, 2.24) is 10.3 Å². The summed E-state index contributed by atoms with van der Waals surface area (Å²) in [5.41, 5.74) is 0. The Labute approximate surface area is 95.4 Å². The maximum atomic E-state index is 5.76. The molecule has 0 radical (unpaired) electrons. The highest BCUT2D eigenvalue weighted by atomic mass is 16.5. The third-order valence-corrected chi connectivity index (χ3v) is 3.43. The molecule has 2 unspecified atom stereocenters. The van der Waals surface area contributed by atoms with Crippen LogP contribution in [0.2, 0.25) is 0 Å². The van der Waals surface area contributed by atoms with E-state index in [0.29, 0.717) is 12.0 Å². The van der Waals surface area contributed by atoms with E-state index >= 15 is 0 Å². The molecule has 1 saturated heterocycles. The topological polar surface area (TPSA) is 47.3 Å². The summed E-state index contributed by atoms with van der Waals surface area (Å²) in [6, 6.07) is 0.698. The number of rotatable bonds is 4. The van der Waals surface area contributed by atoms with Crippen molar-refractivity contribution in [3.8, 4) is 0 Å². The number of hydrogen-bond acceptors (Lipinski definition) is 4. The second-order valence-corrected chi connectivity index (χ2v) is 4.78. The Morgan fingerprint density at radius 3 is 3.00 bits per heavy atom. The molecule has 0 spiro atoms. The second-order valence-electron chi connectivity index (χ2n) is 4.78. The number of oxazole rings is 1. The van der Waals surface area contributed by atoms with Crippen molar-refractivity contribution < 1.29 is 9.15 Å². The Bertz CT molecular complexity index is 360. The summed E-state index contributed by atoms with van der Waals surface area (Å²) in [5.74, 6) is 2.18. The summed E-state index contributed by atoms with van der Waals surface area (Å²) in [6.45, 7) is 3.69. The van der Waals surface area contributed by atoms with Gasteiger partial charge in [-0.15, -0.1) is 0 Å². The fourth-order valence-electron chi connectivity index (χ4n) is 2.20. The zero-order valence-corrected chi connectivity index (χ0v) is 9.61. The lowest BCUT2D eigenvalue weighted by Gasteiger charge is -2.09. The first-order valence-corrected chi connectivity index (χ1v) is 6.12. The van der Waals surface area contributed by atoms with Gasteiger partial charge in [0.15, 0.2) is 0 Å². The molecule has 2 fully saturated rings. The lowest BCUT2D eigenvalue weighted by atomic mass is 10.0. The molecule has 2 atom stereocenters. The van der Waals surface area contributed by atoms with Crippen molar-refractivity contribution in [3.63, 3.8) is 0 Å². The zero-order chi connectivity index (χ0) is 11.0. The van der Waals surface area contributed by atoms with Crippen molar-refractivity contribution in [3.05, 3.63) is 17.8 Å². The van der Waals surface area contributed by atoms with Crippen LogP contribution in [0.3, 0.4) is 0 Å². The van der Waals surface area contributed by atoms with Gasteiger partial charge in [-0.3, -0.25) is 0 Å². The summed E-state index contributed by atoms with van der Waals surface area (Å²) in [6.07, 6.45) is 5.76. The highest BCUT2D eigenvalue weighted by molar-refractivity contribution is 5.06. The van der Waals surface area contributed by atoms with Gasteiger partial charge in [0.2, 0.25) is 5.89 Å². The van der Waals surface area contributed by atoms with Gasteiger partial charge in [0.05, 0.1) is 18.8 Å². The van der Waals surface area contributed by atoms with Crippen LogP contribution in [-0.4, -0.2) is 23.7 Å². The van der Waals surface area contributed by atoms with Crippen LogP contribution >= 0.6 is 0 Å². The Kier molecular flexibility index (Phi) is 2.69. The van der Waals surface area contributed by atoms with E-state index in [2.05, 4.69) is 17.2 Å². The normalized spacial score (nSPS) is 29.8. The smallest absolute Gasteiger partial charge is 0.208 e.